The summed E-state index contributed by atoms with van der Waals surface area (Å²) in [6.45, 7) is 0.768. The highest BCUT2D eigenvalue weighted by Crippen LogP contribution is 2.40. The summed E-state index contributed by atoms with van der Waals surface area (Å²) >= 11 is 0. The summed E-state index contributed by atoms with van der Waals surface area (Å²) in [6, 6.07) is 11.8. The summed E-state index contributed by atoms with van der Waals surface area (Å²) in [5.74, 6) is 0.685. The van der Waals surface area contributed by atoms with Crippen molar-refractivity contribution in [2.24, 2.45) is 5.92 Å². The first-order valence-corrected chi connectivity index (χ1v) is 9.16. The van der Waals surface area contributed by atoms with Crippen molar-refractivity contribution >= 4 is 5.78 Å². The molecule has 0 aromatic heterocycles. The van der Waals surface area contributed by atoms with Crippen molar-refractivity contribution in [3.8, 4) is 0 Å². The molecule has 2 aliphatic heterocycles. The number of carbonyl (C=O) groups excluding carboxylic acids is 1. The molecule has 0 saturated carbocycles. The Balaban J connectivity index is 1.51. The van der Waals surface area contributed by atoms with Crippen molar-refractivity contribution in [3.05, 3.63) is 35.9 Å². The number of carbonyl (C=O) groups is 1. The van der Waals surface area contributed by atoms with Gasteiger partial charge >= 0.3 is 0 Å². The van der Waals surface area contributed by atoms with Crippen molar-refractivity contribution in [1.29, 1.82) is 0 Å². The second-order valence-corrected chi connectivity index (χ2v) is 7.18. The highest BCUT2D eigenvalue weighted by Gasteiger charge is 2.42. The number of alkyl halides is 1. The second-order valence-electron chi connectivity index (χ2n) is 7.18. The Morgan fingerprint density at radius 2 is 1.74 bits per heavy atom. The van der Waals surface area contributed by atoms with Gasteiger partial charge in [-0.25, -0.2) is 0 Å². The minimum atomic E-state index is -0.254. The number of unbranched alkanes of at least 4 members (excludes halogenated alkanes) is 2. The molecule has 3 heteroatoms. The lowest BCUT2D eigenvalue weighted by Crippen LogP contribution is -2.44. The van der Waals surface area contributed by atoms with Gasteiger partial charge in [0.2, 0.25) is 0 Å². The highest BCUT2D eigenvalue weighted by atomic mass is 19.1. The van der Waals surface area contributed by atoms with Gasteiger partial charge in [-0.05, 0) is 44.1 Å². The van der Waals surface area contributed by atoms with E-state index < -0.39 is 0 Å². The number of Topliss-reactive ketones (excluding diaryl/α,β-unsaturated/α-hetero) is 1. The topological polar surface area (TPSA) is 20.3 Å². The number of hydrogen-bond acceptors (Lipinski definition) is 2. The Bertz CT molecular complexity index is 490. The van der Waals surface area contributed by atoms with Gasteiger partial charge in [-0.1, -0.05) is 36.8 Å². The van der Waals surface area contributed by atoms with E-state index >= 15 is 0 Å². The minimum Gasteiger partial charge on any atom is -0.299 e. The van der Waals surface area contributed by atoms with Crippen molar-refractivity contribution in [3.63, 3.8) is 0 Å². The fourth-order valence-corrected chi connectivity index (χ4v) is 4.36. The lowest BCUT2D eigenvalue weighted by atomic mass is 9.85. The number of benzene rings is 1. The Morgan fingerprint density at radius 1 is 1.04 bits per heavy atom. The molecule has 0 radical (unpaired) electrons. The lowest BCUT2D eigenvalue weighted by molar-refractivity contribution is -0.125. The molecule has 2 saturated heterocycles. The molecule has 2 aliphatic rings. The van der Waals surface area contributed by atoms with Crippen LogP contribution in [0.5, 0.6) is 0 Å². The van der Waals surface area contributed by atoms with Gasteiger partial charge in [-0.2, -0.15) is 0 Å². The first-order chi connectivity index (χ1) is 11.3. The maximum absolute atomic E-state index is 12.4. The third-order valence-corrected chi connectivity index (χ3v) is 5.60. The minimum absolute atomic E-state index is 0.254. The van der Waals surface area contributed by atoms with Crippen molar-refractivity contribution in [2.75, 3.05) is 6.67 Å². The Labute approximate surface area is 139 Å². The molecule has 0 aliphatic carbocycles. The Morgan fingerprint density at radius 3 is 2.39 bits per heavy atom. The zero-order valence-electron chi connectivity index (χ0n) is 13.9. The van der Waals surface area contributed by atoms with Gasteiger partial charge in [-0.15, -0.1) is 0 Å². The van der Waals surface area contributed by atoms with Crippen LogP contribution in [-0.2, 0) is 11.3 Å². The number of piperidine rings is 1. The number of rotatable bonds is 8. The van der Waals surface area contributed by atoms with Crippen LogP contribution in [0.15, 0.2) is 30.3 Å². The molecule has 2 fully saturated rings. The molecule has 0 spiro atoms. The molecule has 2 nitrogen and oxygen atoms in total. The van der Waals surface area contributed by atoms with Crippen molar-refractivity contribution < 1.29 is 9.18 Å². The predicted octanol–water partition coefficient (Wildman–Crippen LogP) is 4.53. The van der Waals surface area contributed by atoms with Gasteiger partial charge in [0.1, 0.15) is 5.78 Å². The van der Waals surface area contributed by atoms with Crippen molar-refractivity contribution in [1.82, 2.24) is 4.90 Å². The Hall–Kier alpha value is -1.22. The van der Waals surface area contributed by atoms with Crippen LogP contribution in [0.25, 0.3) is 0 Å². The summed E-state index contributed by atoms with van der Waals surface area (Å²) in [7, 11) is 0. The number of halogens is 1. The predicted molar refractivity (Wildman–Crippen MR) is 91.0 cm³/mol. The van der Waals surface area contributed by atoms with Crippen LogP contribution in [0.3, 0.4) is 0 Å². The second kappa shape index (κ2) is 8.05. The number of fused-ring (bicyclic) bond motifs is 2. The lowest BCUT2D eigenvalue weighted by Gasteiger charge is -2.38. The van der Waals surface area contributed by atoms with Crippen LogP contribution in [0.1, 0.15) is 56.9 Å². The third-order valence-electron chi connectivity index (χ3n) is 5.60. The van der Waals surface area contributed by atoms with E-state index in [1.54, 1.807) is 0 Å². The number of hydrogen-bond donors (Lipinski definition) is 0. The van der Waals surface area contributed by atoms with E-state index in [1.807, 2.05) is 0 Å². The molecule has 2 atom stereocenters. The van der Waals surface area contributed by atoms with E-state index in [9.17, 15) is 9.18 Å². The summed E-state index contributed by atoms with van der Waals surface area (Å²) in [5, 5.41) is 0. The fraction of sp³-hybridized carbons (Fsp3) is 0.650. The molecule has 0 N–H and O–H groups in total. The standard InChI is InChI=1S/C20H28FNO/c21-12-6-2-5-9-20(23)17-13-18-10-11-19(14-17)22(18)15-16-7-3-1-4-8-16/h1,3-4,7-8,17-19H,2,5-6,9-15H2. The first-order valence-electron chi connectivity index (χ1n) is 9.16. The molecule has 126 valence electrons. The van der Waals surface area contributed by atoms with Crippen LogP contribution in [-0.4, -0.2) is 29.4 Å². The molecule has 2 bridgehead atoms. The third kappa shape index (κ3) is 4.20. The first kappa shape index (κ1) is 16.6. The average molecular weight is 317 g/mol. The van der Waals surface area contributed by atoms with Crippen LogP contribution < -0.4 is 0 Å². The largest absolute Gasteiger partial charge is 0.299 e. The monoisotopic (exact) mass is 317 g/mol. The number of nitrogens with zero attached hydrogens (tertiary/aromatic N) is 1. The van der Waals surface area contributed by atoms with E-state index in [4.69, 9.17) is 0 Å². The maximum atomic E-state index is 12.4. The van der Waals surface area contributed by atoms with Gasteiger partial charge in [0.25, 0.3) is 0 Å². The number of ketones is 1. The zero-order chi connectivity index (χ0) is 16.1. The Kier molecular flexibility index (Phi) is 5.82. The van der Waals surface area contributed by atoms with Crippen molar-refractivity contribution in [2.45, 2.75) is 70.0 Å². The van der Waals surface area contributed by atoms with E-state index in [-0.39, 0.29) is 12.6 Å². The van der Waals surface area contributed by atoms with Gasteiger partial charge < -0.3 is 0 Å². The molecule has 23 heavy (non-hydrogen) atoms. The SMILES string of the molecule is O=C(CCCCCF)C1CC2CCC(C1)N2Cc1ccccc1. The average Bonchev–Trinajstić information content (AvgIpc) is 2.81. The van der Waals surface area contributed by atoms with Crippen LogP contribution in [0, 0.1) is 5.92 Å². The molecule has 2 unspecified atom stereocenters. The van der Waals surface area contributed by atoms with E-state index in [0.29, 0.717) is 30.7 Å². The molecule has 3 rings (SSSR count). The molecule has 2 heterocycles. The van der Waals surface area contributed by atoms with Gasteiger partial charge in [-0.3, -0.25) is 14.1 Å². The molecular formula is C20H28FNO. The molecule has 1 aromatic rings. The molecule has 0 amide bonds. The van der Waals surface area contributed by atoms with Crippen LogP contribution in [0.2, 0.25) is 0 Å². The zero-order valence-corrected chi connectivity index (χ0v) is 13.9. The summed E-state index contributed by atoms with van der Waals surface area (Å²) in [4.78, 5) is 15.1. The van der Waals surface area contributed by atoms with Crippen LogP contribution >= 0.6 is 0 Å². The van der Waals surface area contributed by atoms with Crippen LogP contribution in [0.4, 0.5) is 4.39 Å². The summed E-state index contributed by atoms with van der Waals surface area (Å²) in [6.07, 6.45) is 7.52. The smallest absolute Gasteiger partial charge is 0.136 e. The summed E-state index contributed by atoms with van der Waals surface area (Å²) in [5.41, 5.74) is 1.38. The molecular weight excluding hydrogens is 289 g/mol. The fourth-order valence-electron chi connectivity index (χ4n) is 4.36. The summed E-state index contributed by atoms with van der Waals surface area (Å²) < 4.78 is 12.1. The highest BCUT2D eigenvalue weighted by molar-refractivity contribution is 5.81. The molecule has 1 aromatic carbocycles. The van der Waals surface area contributed by atoms with Gasteiger partial charge in [0, 0.05) is 31.0 Å². The maximum Gasteiger partial charge on any atom is 0.136 e. The van der Waals surface area contributed by atoms with E-state index in [1.165, 1.54) is 18.4 Å². The quantitative estimate of drug-likeness (QED) is 0.657. The van der Waals surface area contributed by atoms with Gasteiger partial charge in [0.05, 0.1) is 6.67 Å². The normalized spacial score (nSPS) is 27.3. The van der Waals surface area contributed by atoms with E-state index in [2.05, 4.69) is 35.2 Å². The van der Waals surface area contributed by atoms with E-state index in [0.717, 1.165) is 32.2 Å². The van der Waals surface area contributed by atoms with Gasteiger partial charge in [0.15, 0.2) is 0 Å².